The minimum Gasteiger partial charge on any atom is -0.379 e. The van der Waals surface area contributed by atoms with Gasteiger partial charge in [0.1, 0.15) is 5.01 Å². The molecule has 0 bridgehead atoms. The van der Waals surface area contributed by atoms with Gasteiger partial charge >= 0.3 is 0 Å². The second-order valence-electron chi connectivity index (χ2n) is 6.64. The van der Waals surface area contributed by atoms with Gasteiger partial charge in [-0.1, -0.05) is 17.4 Å². The number of imidazole rings is 1. The lowest BCUT2D eigenvalue weighted by Gasteiger charge is -2.14. The summed E-state index contributed by atoms with van der Waals surface area (Å²) in [5.74, 6) is 0. The van der Waals surface area contributed by atoms with Gasteiger partial charge in [0.15, 0.2) is 0 Å². The van der Waals surface area contributed by atoms with Crippen molar-refractivity contribution in [2.24, 2.45) is 0 Å². The zero-order valence-corrected chi connectivity index (χ0v) is 16.5. The van der Waals surface area contributed by atoms with E-state index in [1.807, 2.05) is 31.4 Å². The third-order valence-electron chi connectivity index (χ3n) is 4.52. The van der Waals surface area contributed by atoms with Crippen LogP contribution in [0.25, 0.3) is 4.96 Å². The highest BCUT2D eigenvalue weighted by molar-refractivity contribution is 7.89. The molecule has 1 aliphatic carbocycles. The fraction of sp³-hybridized carbons (Fsp3) is 0.412. The van der Waals surface area contributed by atoms with Crippen molar-refractivity contribution in [2.45, 2.75) is 51.1 Å². The van der Waals surface area contributed by atoms with E-state index in [-0.39, 0.29) is 6.04 Å². The molecule has 1 fully saturated rings. The molecule has 1 saturated carbocycles. The molecular formula is C17H21N5O2S2. The third-order valence-corrected chi connectivity index (χ3v) is 7.01. The molecular weight excluding hydrogens is 370 g/mol. The van der Waals surface area contributed by atoms with Gasteiger partial charge in [0, 0.05) is 11.7 Å². The number of fused-ring (bicyclic) bond motifs is 1. The Hall–Kier alpha value is -1.97. The van der Waals surface area contributed by atoms with Crippen molar-refractivity contribution in [3.05, 3.63) is 40.2 Å². The van der Waals surface area contributed by atoms with Gasteiger partial charge in [-0.05, 0) is 51.3 Å². The lowest BCUT2D eigenvalue weighted by molar-refractivity contribution is 0.580. The Balaban J connectivity index is 1.60. The highest BCUT2D eigenvalue weighted by atomic mass is 32.2. The number of hydrogen-bond acceptors (Lipinski definition) is 6. The van der Waals surface area contributed by atoms with Crippen LogP contribution in [0.15, 0.2) is 23.1 Å². The molecule has 7 nitrogen and oxygen atoms in total. The molecule has 0 saturated heterocycles. The van der Waals surface area contributed by atoms with Gasteiger partial charge in [-0.2, -0.15) is 5.10 Å². The first-order chi connectivity index (χ1) is 12.3. The van der Waals surface area contributed by atoms with E-state index in [2.05, 4.69) is 20.1 Å². The van der Waals surface area contributed by atoms with Crippen molar-refractivity contribution in [3.63, 3.8) is 0 Å². The number of nitrogens with one attached hydrogen (secondary N) is 2. The Kier molecular flexibility index (Phi) is 4.25. The number of nitrogens with zero attached hydrogens (tertiary/aromatic N) is 3. The van der Waals surface area contributed by atoms with E-state index in [4.69, 9.17) is 0 Å². The van der Waals surface area contributed by atoms with Crippen LogP contribution in [0.4, 0.5) is 5.69 Å². The molecule has 0 aliphatic heterocycles. The van der Waals surface area contributed by atoms with Crippen LogP contribution in [0.2, 0.25) is 0 Å². The molecule has 138 valence electrons. The van der Waals surface area contributed by atoms with Crippen LogP contribution >= 0.6 is 11.3 Å². The van der Waals surface area contributed by atoms with Crippen LogP contribution in [-0.4, -0.2) is 29.1 Å². The van der Waals surface area contributed by atoms with Crippen LogP contribution in [-0.2, 0) is 16.6 Å². The monoisotopic (exact) mass is 391 g/mol. The second-order valence-corrected chi connectivity index (χ2v) is 9.48. The van der Waals surface area contributed by atoms with Gasteiger partial charge in [0.25, 0.3) is 0 Å². The van der Waals surface area contributed by atoms with Crippen molar-refractivity contribution in [1.29, 1.82) is 0 Å². The van der Waals surface area contributed by atoms with E-state index in [0.717, 1.165) is 39.9 Å². The van der Waals surface area contributed by atoms with Gasteiger partial charge < -0.3 is 5.32 Å². The van der Waals surface area contributed by atoms with Gasteiger partial charge in [0.2, 0.25) is 15.0 Å². The molecule has 0 amide bonds. The van der Waals surface area contributed by atoms with Gasteiger partial charge in [-0.25, -0.2) is 22.6 Å². The van der Waals surface area contributed by atoms with Gasteiger partial charge in [-0.3, -0.25) is 0 Å². The summed E-state index contributed by atoms with van der Waals surface area (Å²) < 4.78 is 29.7. The zero-order chi connectivity index (χ0) is 18.5. The molecule has 0 radical (unpaired) electrons. The summed E-state index contributed by atoms with van der Waals surface area (Å²) in [4.78, 5) is 5.74. The predicted molar refractivity (Wildman–Crippen MR) is 102 cm³/mol. The molecule has 3 aromatic rings. The molecule has 26 heavy (non-hydrogen) atoms. The average molecular weight is 392 g/mol. The van der Waals surface area contributed by atoms with E-state index in [9.17, 15) is 8.42 Å². The van der Waals surface area contributed by atoms with Crippen LogP contribution in [0.5, 0.6) is 0 Å². The van der Waals surface area contributed by atoms with E-state index in [1.54, 1.807) is 23.5 Å². The van der Waals surface area contributed by atoms with Crippen molar-refractivity contribution in [1.82, 2.24) is 19.3 Å². The average Bonchev–Trinajstić information content (AvgIpc) is 3.22. The molecule has 2 heterocycles. The topological polar surface area (TPSA) is 88.4 Å². The summed E-state index contributed by atoms with van der Waals surface area (Å²) in [6.07, 6.45) is 1.83. The van der Waals surface area contributed by atoms with E-state index in [0.29, 0.717) is 17.0 Å². The van der Waals surface area contributed by atoms with Crippen LogP contribution in [0.1, 0.15) is 34.8 Å². The molecule has 9 heteroatoms. The van der Waals surface area contributed by atoms with Gasteiger partial charge in [-0.15, -0.1) is 0 Å². The Morgan fingerprint density at radius 3 is 2.77 bits per heavy atom. The molecule has 2 N–H and O–H groups in total. The Bertz CT molecular complexity index is 1080. The van der Waals surface area contributed by atoms with Crippen molar-refractivity contribution >= 4 is 32.0 Å². The standard InChI is InChI=1S/C17H21N5O2S2/c1-10-14(5-4-6-16(10)26(23,24)21-13-7-8-13)18-9-15-11(2)19-17-22(15)20-12(3)25-17/h4-6,13,18,21H,7-9H2,1-3H3. The van der Waals surface area contributed by atoms with Crippen molar-refractivity contribution in [3.8, 4) is 0 Å². The Morgan fingerprint density at radius 1 is 1.27 bits per heavy atom. The number of benzene rings is 1. The van der Waals surface area contributed by atoms with Crippen LogP contribution < -0.4 is 10.0 Å². The van der Waals surface area contributed by atoms with Crippen LogP contribution in [0, 0.1) is 20.8 Å². The molecule has 1 aliphatic rings. The lowest BCUT2D eigenvalue weighted by Crippen LogP contribution is -2.26. The SMILES string of the molecule is Cc1nn2c(CNc3cccc(S(=O)(=O)NC4CC4)c3C)c(C)nc2s1. The first-order valence-corrected chi connectivity index (χ1v) is 10.8. The molecule has 4 rings (SSSR count). The Labute approximate surface area is 156 Å². The molecule has 2 aromatic heterocycles. The number of sulfonamides is 1. The lowest BCUT2D eigenvalue weighted by atomic mass is 10.2. The zero-order valence-electron chi connectivity index (χ0n) is 14.9. The van der Waals surface area contributed by atoms with E-state index >= 15 is 0 Å². The third kappa shape index (κ3) is 3.22. The fourth-order valence-electron chi connectivity index (χ4n) is 2.95. The largest absolute Gasteiger partial charge is 0.379 e. The Morgan fingerprint density at radius 2 is 2.04 bits per heavy atom. The first kappa shape index (κ1) is 17.4. The van der Waals surface area contributed by atoms with E-state index < -0.39 is 10.0 Å². The number of aryl methyl sites for hydroxylation is 2. The smallest absolute Gasteiger partial charge is 0.241 e. The molecule has 0 atom stereocenters. The first-order valence-electron chi connectivity index (χ1n) is 8.52. The highest BCUT2D eigenvalue weighted by Crippen LogP contribution is 2.27. The normalized spacial score (nSPS) is 14.9. The maximum atomic E-state index is 12.6. The van der Waals surface area contributed by atoms with Gasteiger partial charge in [0.05, 0.1) is 22.8 Å². The predicted octanol–water partition coefficient (Wildman–Crippen LogP) is 2.77. The number of anilines is 1. The number of hydrogen-bond donors (Lipinski definition) is 2. The summed E-state index contributed by atoms with van der Waals surface area (Å²) in [7, 11) is -3.48. The van der Waals surface area contributed by atoms with E-state index in [1.165, 1.54) is 0 Å². The fourth-order valence-corrected chi connectivity index (χ4v) is 5.33. The summed E-state index contributed by atoms with van der Waals surface area (Å²) in [5.41, 5.74) is 3.42. The number of aromatic nitrogens is 3. The minimum atomic E-state index is -3.48. The highest BCUT2D eigenvalue weighted by Gasteiger charge is 2.29. The second kappa shape index (κ2) is 6.33. The summed E-state index contributed by atoms with van der Waals surface area (Å²) in [6.45, 7) is 6.27. The number of rotatable bonds is 6. The summed E-state index contributed by atoms with van der Waals surface area (Å²) in [5, 5.41) is 8.80. The summed E-state index contributed by atoms with van der Waals surface area (Å²) in [6, 6.07) is 5.40. The summed E-state index contributed by atoms with van der Waals surface area (Å²) >= 11 is 1.55. The maximum absolute atomic E-state index is 12.6. The van der Waals surface area contributed by atoms with Crippen molar-refractivity contribution < 1.29 is 8.42 Å². The molecule has 0 spiro atoms. The van der Waals surface area contributed by atoms with Crippen LogP contribution in [0.3, 0.4) is 0 Å². The van der Waals surface area contributed by atoms with Crippen molar-refractivity contribution in [2.75, 3.05) is 5.32 Å². The minimum absolute atomic E-state index is 0.0895. The maximum Gasteiger partial charge on any atom is 0.241 e. The molecule has 0 unspecified atom stereocenters. The quantitative estimate of drug-likeness (QED) is 0.675. The molecule has 1 aromatic carbocycles.